The monoisotopic (exact) mass is 255 g/mol. The van der Waals surface area contributed by atoms with Crippen LogP contribution in [-0.4, -0.2) is 41.2 Å². The quantitative estimate of drug-likeness (QED) is 0.803. The predicted octanol–water partition coefficient (Wildman–Crippen LogP) is 0.490. The summed E-state index contributed by atoms with van der Waals surface area (Å²) in [5, 5.41) is 0. The maximum atomic E-state index is 11.6. The van der Waals surface area contributed by atoms with E-state index in [0.717, 1.165) is 0 Å². The first-order valence-corrected chi connectivity index (χ1v) is 5.48. The molecule has 1 rings (SSSR count). The summed E-state index contributed by atoms with van der Waals surface area (Å²) in [6.45, 7) is 4.44. The standard InChI is InChI=1S/C10H17N5O3/c1-4-15(3)10(16)18-8-6(11)7(17-5-2)13-9(12)14-8/h4-5,11H2,1-3H3,(H2,12,13,14). The van der Waals surface area contributed by atoms with Crippen molar-refractivity contribution < 1.29 is 14.3 Å². The van der Waals surface area contributed by atoms with Crippen LogP contribution in [0.3, 0.4) is 0 Å². The first-order chi connectivity index (χ1) is 8.49. The number of hydrogen-bond donors (Lipinski definition) is 2. The minimum atomic E-state index is -0.579. The third-order valence-electron chi connectivity index (χ3n) is 2.14. The number of nitrogens with zero attached hydrogens (tertiary/aromatic N) is 3. The maximum absolute atomic E-state index is 11.6. The lowest BCUT2D eigenvalue weighted by atomic mass is 10.5. The molecule has 4 N–H and O–H groups in total. The van der Waals surface area contributed by atoms with Crippen LogP contribution < -0.4 is 20.9 Å². The van der Waals surface area contributed by atoms with Crippen LogP contribution >= 0.6 is 0 Å². The van der Waals surface area contributed by atoms with Gasteiger partial charge in [-0.25, -0.2) is 4.79 Å². The van der Waals surface area contributed by atoms with Gasteiger partial charge < -0.3 is 25.8 Å². The number of carbonyl (C=O) groups excluding carboxylic acids is 1. The molecule has 1 amide bonds. The molecule has 0 saturated carbocycles. The number of rotatable bonds is 4. The molecule has 0 atom stereocenters. The van der Waals surface area contributed by atoms with Gasteiger partial charge in [-0.1, -0.05) is 0 Å². The zero-order valence-electron chi connectivity index (χ0n) is 10.6. The van der Waals surface area contributed by atoms with Crippen molar-refractivity contribution in [3.63, 3.8) is 0 Å². The summed E-state index contributed by atoms with van der Waals surface area (Å²) in [4.78, 5) is 20.5. The lowest BCUT2D eigenvalue weighted by Crippen LogP contribution is -2.30. The topological polar surface area (TPSA) is 117 Å². The molecule has 1 heterocycles. The number of anilines is 2. The second kappa shape index (κ2) is 5.89. The molecule has 0 fully saturated rings. The molecule has 0 aliphatic heterocycles. The van der Waals surface area contributed by atoms with Gasteiger partial charge in [0, 0.05) is 13.6 Å². The number of amides is 1. The highest BCUT2D eigenvalue weighted by atomic mass is 16.6. The summed E-state index contributed by atoms with van der Waals surface area (Å²) in [5.41, 5.74) is 11.3. The molecule has 18 heavy (non-hydrogen) atoms. The Bertz CT molecular complexity index is 438. The van der Waals surface area contributed by atoms with Gasteiger partial charge in [-0.05, 0) is 13.8 Å². The normalized spacial score (nSPS) is 9.94. The lowest BCUT2D eigenvalue weighted by Gasteiger charge is -2.15. The second-order valence-corrected chi connectivity index (χ2v) is 3.42. The summed E-state index contributed by atoms with van der Waals surface area (Å²) >= 11 is 0. The van der Waals surface area contributed by atoms with Crippen molar-refractivity contribution in [2.24, 2.45) is 0 Å². The van der Waals surface area contributed by atoms with E-state index in [2.05, 4.69) is 9.97 Å². The van der Waals surface area contributed by atoms with Crippen LogP contribution in [-0.2, 0) is 0 Å². The molecule has 1 aromatic rings. The molecule has 0 radical (unpaired) electrons. The van der Waals surface area contributed by atoms with Gasteiger partial charge in [-0.2, -0.15) is 9.97 Å². The molecule has 8 nitrogen and oxygen atoms in total. The summed E-state index contributed by atoms with van der Waals surface area (Å²) in [7, 11) is 1.59. The van der Waals surface area contributed by atoms with E-state index in [1.165, 1.54) is 4.90 Å². The van der Waals surface area contributed by atoms with Gasteiger partial charge in [0.1, 0.15) is 0 Å². The Balaban J connectivity index is 2.98. The fourth-order valence-electron chi connectivity index (χ4n) is 1.06. The molecule has 0 aliphatic rings. The first-order valence-electron chi connectivity index (χ1n) is 5.48. The largest absolute Gasteiger partial charge is 0.476 e. The molecule has 0 unspecified atom stereocenters. The van der Waals surface area contributed by atoms with E-state index >= 15 is 0 Å². The van der Waals surface area contributed by atoms with Crippen molar-refractivity contribution in [3.8, 4) is 11.8 Å². The van der Waals surface area contributed by atoms with Crippen LogP contribution in [0.15, 0.2) is 0 Å². The summed E-state index contributed by atoms with van der Waals surface area (Å²) < 4.78 is 10.2. The van der Waals surface area contributed by atoms with Crippen LogP contribution in [0.25, 0.3) is 0 Å². The SMILES string of the molecule is CCOc1nc(N)nc(OC(=O)N(C)CC)c1N. The van der Waals surface area contributed by atoms with E-state index in [1.54, 1.807) is 14.0 Å². The van der Waals surface area contributed by atoms with Gasteiger partial charge in [0.25, 0.3) is 5.88 Å². The molecule has 1 aromatic heterocycles. The average Bonchev–Trinajstić information content (AvgIpc) is 2.34. The predicted molar refractivity (Wildman–Crippen MR) is 66.4 cm³/mol. The molecule has 0 aliphatic carbocycles. The molecule has 0 aromatic carbocycles. The molecule has 0 bridgehead atoms. The zero-order valence-corrected chi connectivity index (χ0v) is 10.6. The molecular formula is C10H17N5O3. The van der Waals surface area contributed by atoms with Gasteiger partial charge in [0.15, 0.2) is 5.69 Å². The smallest absolute Gasteiger partial charge is 0.416 e. The van der Waals surface area contributed by atoms with E-state index < -0.39 is 6.09 Å². The maximum Gasteiger partial charge on any atom is 0.416 e. The zero-order chi connectivity index (χ0) is 13.7. The van der Waals surface area contributed by atoms with E-state index in [4.69, 9.17) is 20.9 Å². The Kier molecular flexibility index (Phi) is 4.52. The van der Waals surface area contributed by atoms with Gasteiger partial charge in [-0.3, -0.25) is 0 Å². The van der Waals surface area contributed by atoms with E-state index in [0.29, 0.717) is 13.2 Å². The Labute approximate surface area is 105 Å². The lowest BCUT2D eigenvalue weighted by molar-refractivity contribution is 0.163. The third kappa shape index (κ3) is 3.12. The van der Waals surface area contributed by atoms with Gasteiger partial charge in [0.05, 0.1) is 6.61 Å². The first kappa shape index (κ1) is 13.8. The molecule has 0 spiro atoms. The highest BCUT2D eigenvalue weighted by molar-refractivity contribution is 5.73. The number of ether oxygens (including phenoxy) is 2. The number of aromatic nitrogens is 2. The van der Waals surface area contributed by atoms with Crippen LogP contribution in [0.1, 0.15) is 13.8 Å². The van der Waals surface area contributed by atoms with E-state index in [1.807, 2.05) is 6.92 Å². The highest BCUT2D eigenvalue weighted by Crippen LogP contribution is 2.28. The van der Waals surface area contributed by atoms with Crippen molar-refractivity contribution in [3.05, 3.63) is 0 Å². The summed E-state index contributed by atoms with van der Waals surface area (Å²) in [5.74, 6) is -0.0715. The Morgan fingerprint density at radius 3 is 2.44 bits per heavy atom. The number of nitrogen functional groups attached to an aromatic ring is 2. The van der Waals surface area contributed by atoms with Crippen molar-refractivity contribution in [2.75, 3.05) is 31.7 Å². The van der Waals surface area contributed by atoms with Gasteiger partial charge in [0.2, 0.25) is 11.8 Å². The van der Waals surface area contributed by atoms with Crippen LogP contribution in [0, 0.1) is 0 Å². The molecule has 100 valence electrons. The Morgan fingerprint density at radius 1 is 1.28 bits per heavy atom. The van der Waals surface area contributed by atoms with E-state index in [-0.39, 0.29) is 23.4 Å². The van der Waals surface area contributed by atoms with Crippen molar-refractivity contribution >= 4 is 17.7 Å². The summed E-state index contributed by atoms with van der Waals surface area (Å²) in [6.07, 6.45) is -0.579. The highest BCUT2D eigenvalue weighted by Gasteiger charge is 2.17. The number of nitrogens with two attached hydrogens (primary N) is 2. The third-order valence-corrected chi connectivity index (χ3v) is 2.14. The van der Waals surface area contributed by atoms with Gasteiger partial charge in [-0.15, -0.1) is 0 Å². The Morgan fingerprint density at radius 2 is 1.89 bits per heavy atom. The van der Waals surface area contributed by atoms with Crippen molar-refractivity contribution in [1.82, 2.24) is 14.9 Å². The van der Waals surface area contributed by atoms with Gasteiger partial charge >= 0.3 is 6.09 Å². The molecular weight excluding hydrogens is 238 g/mol. The average molecular weight is 255 g/mol. The molecule has 0 saturated heterocycles. The van der Waals surface area contributed by atoms with Crippen LogP contribution in [0.2, 0.25) is 0 Å². The second-order valence-electron chi connectivity index (χ2n) is 3.42. The molecule has 8 heteroatoms. The van der Waals surface area contributed by atoms with Crippen LogP contribution in [0.5, 0.6) is 11.8 Å². The van der Waals surface area contributed by atoms with Crippen LogP contribution in [0.4, 0.5) is 16.4 Å². The van der Waals surface area contributed by atoms with Crippen molar-refractivity contribution in [2.45, 2.75) is 13.8 Å². The van der Waals surface area contributed by atoms with E-state index in [9.17, 15) is 4.79 Å². The number of carbonyl (C=O) groups is 1. The summed E-state index contributed by atoms with van der Waals surface area (Å²) in [6, 6.07) is 0. The minimum absolute atomic E-state index is 0.0453. The fraction of sp³-hybridized carbons (Fsp3) is 0.500. The fourth-order valence-corrected chi connectivity index (χ4v) is 1.06. The Hall–Kier alpha value is -2.25. The van der Waals surface area contributed by atoms with Crippen molar-refractivity contribution in [1.29, 1.82) is 0 Å². The minimum Gasteiger partial charge on any atom is -0.476 e. The number of hydrogen-bond acceptors (Lipinski definition) is 7.